The standard InChI is InChI=1S/C15H22O/c1-3-4-9-5-10-6-11(9)13-8-15(2)14(16-15)7-12(10)13/h3,9-14H,1,4-8H2,2H3/t9-,10+,11-,12+,13+,14+,15+/m1/s1. The number of rotatable bonds is 2. The Morgan fingerprint density at radius 1 is 1.25 bits per heavy atom. The van der Waals surface area contributed by atoms with E-state index in [9.17, 15) is 0 Å². The number of allylic oxidation sites excluding steroid dienone is 1. The molecule has 1 nitrogen and oxygen atoms in total. The fourth-order valence-corrected chi connectivity index (χ4v) is 5.38. The Bertz CT molecular complexity index is 336. The molecule has 88 valence electrons. The minimum atomic E-state index is 0.296. The second-order valence-corrected chi connectivity index (χ2v) is 6.87. The van der Waals surface area contributed by atoms with Crippen molar-refractivity contribution in [2.24, 2.45) is 29.6 Å². The molecule has 4 fully saturated rings. The van der Waals surface area contributed by atoms with E-state index in [1.165, 1.54) is 32.1 Å². The number of ether oxygens (including phenoxy) is 1. The lowest BCUT2D eigenvalue weighted by atomic mass is 9.64. The molecule has 4 rings (SSSR count). The third-order valence-electron chi connectivity index (χ3n) is 6.12. The smallest absolute Gasteiger partial charge is 0.0923 e. The van der Waals surface area contributed by atoms with Crippen LogP contribution in [0.25, 0.3) is 0 Å². The molecule has 1 heteroatoms. The van der Waals surface area contributed by atoms with Gasteiger partial charge in [0, 0.05) is 0 Å². The van der Waals surface area contributed by atoms with Gasteiger partial charge in [0.1, 0.15) is 0 Å². The third-order valence-corrected chi connectivity index (χ3v) is 6.12. The summed E-state index contributed by atoms with van der Waals surface area (Å²) in [6, 6.07) is 0. The van der Waals surface area contributed by atoms with E-state index in [-0.39, 0.29) is 0 Å². The van der Waals surface area contributed by atoms with Gasteiger partial charge in [0.15, 0.2) is 0 Å². The molecule has 0 aromatic rings. The van der Waals surface area contributed by atoms with E-state index < -0.39 is 0 Å². The van der Waals surface area contributed by atoms with Crippen LogP contribution in [0, 0.1) is 29.6 Å². The highest BCUT2D eigenvalue weighted by Gasteiger charge is 2.64. The van der Waals surface area contributed by atoms with Gasteiger partial charge in [-0.25, -0.2) is 0 Å². The number of fused-ring (bicyclic) bond motifs is 6. The quantitative estimate of drug-likeness (QED) is 0.511. The number of epoxide rings is 1. The van der Waals surface area contributed by atoms with E-state index in [4.69, 9.17) is 4.74 Å². The molecule has 4 aliphatic rings. The van der Waals surface area contributed by atoms with Crippen LogP contribution in [0.15, 0.2) is 12.7 Å². The van der Waals surface area contributed by atoms with Gasteiger partial charge in [-0.05, 0) is 68.6 Å². The summed E-state index contributed by atoms with van der Waals surface area (Å²) >= 11 is 0. The summed E-state index contributed by atoms with van der Waals surface area (Å²) in [7, 11) is 0. The minimum Gasteiger partial charge on any atom is -0.366 e. The Labute approximate surface area is 98.2 Å². The molecule has 0 aromatic carbocycles. The summed E-state index contributed by atoms with van der Waals surface area (Å²) in [5.74, 6) is 5.02. The second-order valence-electron chi connectivity index (χ2n) is 6.87. The van der Waals surface area contributed by atoms with Crippen LogP contribution in [0.5, 0.6) is 0 Å². The van der Waals surface area contributed by atoms with Gasteiger partial charge in [0.05, 0.1) is 11.7 Å². The van der Waals surface area contributed by atoms with Gasteiger partial charge in [-0.15, -0.1) is 6.58 Å². The maximum Gasteiger partial charge on any atom is 0.0923 e. The average Bonchev–Trinajstić information content (AvgIpc) is 2.61. The molecule has 1 saturated heterocycles. The Morgan fingerprint density at radius 2 is 2.12 bits per heavy atom. The Kier molecular flexibility index (Phi) is 1.78. The summed E-state index contributed by atoms with van der Waals surface area (Å²) in [5, 5.41) is 0. The molecule has 3 aliphatic carbocycles. The first-order valence-electron chi connectivity index (χ1n) is 7.00. The molecule has 1 aliphatic heterocycles. The van der Waals surface area contributed by atoms with Crippen LogP contribution < -0.4 is 0 Å². The van der Waals surface area contributed by atoms with E-state index in [2.05, 4.69) is 19.6 Å². The molecule has 0 unspecified atom stereocenters. The molecule has 0 radical (unpaired) electrons. The highest BCUT2D eigenvalue weighted by atomic mass is 16.6. The van der Waals surface area contributed by atoms with Gasteiger partial charge in [-0.1, -0.05) is 6.08 Å². The van der Waals surface area contributed by atoms with E-state index in [1.54, 1.807) is 0 Å². The molecule has 0 amide bonds. The predicted octanol–water partition coefficient (Wildman–Crippen LogP) is 3.40. The van der Waals surface area contributed by atoms with Crippen molar-refractivity contribution in [1.29, 1.82) is 0 Å². The molecule has 3 saturated carbocycles. The van der Waals surface area contributed by atoms with Crippen molar-refractivity contribution in [3.63, 3.8) is 0 Å². The van der Waals surface area contributed by atoms with Gasteiger partial charge in [0.25, 0.3) is 0 Å². The fraction of sp³-hybridized carbons (Fsp3) is 0.867. The van der Waals surface area contributed by atoms with Crippen molar-refractivity contribution in [3.05, 3.63) is 12.7 Å². The molecule has 0 N–H and O–H groups in total. The van der Waals surface area contributed by atoms with Crippen molar-refractivity contribution >= 4 is 0 Å². The molecular formula is C15H22O. The highest BCUT2D eigenvalue weighted by Crippen LogP contribution is 2.65. The highest BCUT2D eigenvalue weighted by molar-refractivity contribution is 5.13. The molecule has 0 aromatic heterocycles. The first-order valence-corrected chi connectivity index (χ1v) is 7.00. The van der Waals surface area contributed by atoms with Crippen molar-refractivity contribution in [3.8, 4) is 0 Å². The van der Waals surface area contributed by atoms with Gasteiger partial charge in [-0.3, -0.25) is 0 Å². The SMILES string of the molecule is C=CC[C@@H]1C[C@H]2C[C@H]1[C@@H]1C[C@]3(C)O[C@H]3C[C@@H]21. The van der Waals surface area contributed by atoms with Gasteiger partial charge >= 0.3 is 0 Å². The average molecular weight is 218 g/mol. The first-order chi connectivity index (χ1) is 7.71. The molecular weight excluding hydrogens is 196 g/mol. The number of hydrogen-bond donors (Lipinski definition) is 0. The largest absolute Gasteiger partial charge is 0.366 e. The lowest BCUT2D eigenvalue weighted by molar-refractivity contribution is 0.113. The van der Waals surface area contributed by atoms with Gasteiger partial charge < -0.3 is 4.74 Å². The van der Waals surface area contributed by atoms with Crippen molar-refractivity contribution < 1.29 is 4.74 Å². The van der Waals surface area contributed by atoms with Crippen LogP contribution in [0.2, 0.25) is 0 Å². The maximum absolute atomic E-state index is 5.90. The van der Waals surface area contributed by atoms with Crippen LogP contribution in [0.4, 0.5) is 0 Å². The molecule has 7 atom stereocenters. The summed E-state index contributed by atoms with van der Waals surface area (Å²) in [6.45, 7) is 6.26. The van der Waals surface area contributed by atoms with Crippen molar-refractivity contribution in [2.75, 3.05) is 0 Å². The van der Waals surface area contributed by atoms with E-state index in [0.717, 1.165) is 29.6 Å². The predicted molar refractivity (Wildman–Crippen MR) is 64.0 cm³/mol. The van der Waals surface area contributed by atoms with Crippen LogP contribution >= 0.6 is 0 Å². The lowest BCUT2D eigenvalue weighted by Crippen LogP contribution is -2.36. The minimum absolute atomic E-state index is 0.296. The summed E-state index contributed by atoms with van der Waals surface area (Å²) in [5.41, 5.74) is 0.296. The Hall–Kier alpha value is -0.300. The van der Waals surface area contributed by atoms with Crippen molar-refractivity contribution in [1.82, 2.24) is 0 Å². The van der Waals surface area contributed by atoms with E-state index >= 15 is 0 Å². The first kappa shape index (κ1) is 9.70. The Balaban J connectivity index is 1.57. The normalized spacial score (nSPS) is 61.6. The maximum atomic E-state index is 5.90. The van der Waals surface area contributed by atoms with Crippen molar-refractivity contribution in [2.45, 2.75) is 50.7 Å². The van der Waals surface area contributed by atoms with Crippen LogP contribution in [0.1, 0.15) is 39.0 Å². The topological polar surface area (TPSA) is 12.5 Å². The van der Waals surface area contributed by atoms with Gasteiger partial charge in [-0.2, -0.15) is 0 Å². The monoisotopic (exact) mass is 218 g/mol. The van der Waals surface area contributed by atoms with Crippen LogP contribution in [-0.2, 0) is 4.74 Å². The number of hydrogen-bond acceptors (Lipinski definition) is 1. The lowest BCUT2D eigenvalue weighted by Gasteiger charge is -2.39. The molecule has 1 heterocycles. The van der Waals surface area contributed by atoms with Gasteiger partial charge in [0.2, 0.25) is 0 Å². The van der Waals surface area contributed by atoms with Crippen LogP contribution in [0.3, 0.4) is 0 Å². The third kappa shape index (κ3) is 1.11. The zero-order valence-corrected chi connectivity index (χ0v) is 10.2. The molecule has 2 bridgehead atoms. The summed E-state index contributed by atoms with van der Waals surface area (Å²) < 4.78 is 5.90. The van der Waals surface area contributed by atoms with E-state index in [1.807, 2.05) is 0 Å². The molecule has 0 spiro atoms. The van der Waals surface area contributed by atoms with E-state index in [0.29, 0.717) is 11.7 Å². The zero-order chi connectivity index (χ0) is 10.9. The zero-order valence-electron chi connectivity index (χ0n) is 10.2. The van der Waals surface area contributed by atoms with Crippen LogP contribution in [-0.4, -0.2) is 11.7 Å². The molecule has 16 heavy (non-hydrogen) atoms. The Morgan fingerprint density at radius 3 is 2.94 bits per heavy atom. The fourth-order valence-electron chi connectivity index (χ4n) is 5.38. The summed E-state index contributed by atoms with van der Waals surface area (Å²) in [6.07, 6.45) is 9.77. The summed E-state index contributed by atoms with van der Waals surface area (Å²) in [4.78, 5) is 0. The second kappa shape index (κ2) is 2.93.